The molecule has 2 atom stereocenters. The zero-order valence-corrected chi connectivity index (χ0v) is 7.29. The second-order valence-corrected chi connectivity index (χ2v) is 2.93. The van der Waals surface area contributed by atoms with Gasteiger partial charge >= 0.3 is 0 Å². The van der Waals surface area contributed by atoms with Crippen molar-refractivity contribution < 1.29 is 9.84 Å². The number of methoxy groups -OCH3 is 1. The van der Waals surface area contributed by atoms with Crippen LogP contribution in [0.2, 0.25) is 0 Å². The van der Waals surface area contributed by atoms with Crippen LogP contribution in [0, 0.1) is 0 Å². The van der Waals surface area contributed by atoms with Gasteiger partial charge in [-0.15, -0.1) is 0 Å². The number of likely N-dealkylation sites (tertiary alicyclic amines) is 1. The number of rotatable bonds is 3. The van der Waals surface area contributed by atoms with Gasteiger partial charge in [0.15, 0.2) is 0 Å². The molecule has 0 aromatic carbocycles. The highest BCUT2D eigenvalue weighted by Gasteiger charge is 2.31. The third-order valence-electron chi connectivity index (χ3n) is 2.43. The molecular weight excluding hydrogens is 142 g/mol. The number of ether oxygens (including phenoxy) is 1. The highest BCUT2D eigenvalue weighted by atomic mass is 16.5. The summed E-state index contributed by atoms with van der Waals surface area (Å²) in [5, 5.41) is 8.98. The monoisotopic (exact) mass is 159 g/mol. The molecule has 3 heteroatoms. The number of aliphatic hydroxyl groups is 1. The van der Waals surface area contributed by atoms with Gasteiger partial charge in [0, 0.05) is 13.2 Å². The smallest absolute Gasteiger partial charge is 0.110 e. The second-order valence-electron chi connectivity index (χ2n) is 2.93. The van der Waals surface area contributed by atoms with Gasteiger partial charge in [0.05, 0.1) is 6.61 Å². The van der Waals surface area contributed by atoms with E-state index in [4.69, 9.17) is 9.84 Å². The SMILES string of the molecule is CCN1C(OC)CC[C@H]1CO. The highest BCUT2D eigenvalue weighted by Crippen LogP contribution is 2.23. The van der Waals surface area contributed by atoms with Gasteiger partial charge in [0.25, 0.3) is 0 Å². The summed E-state index contributed by atoms with van der Waals surface area (Å²) >= 11 is 0. The average molecular weight is 159 g/mol. The number of nitrogens with zero attached hydrogens (tertiary/aromatic N) is 1. The van der Waals surface area contributed by atoms with Gasteiger partial charge in [-0.3, -0.25) is 4.90 Å². The van der Waals surface area contributed by atoms with E-state index in [1.165, 1.54) is 0 Å². The minimum atomic E-state index is 0.233. The van der Waals surface area contributed by atoms with Gasteiger partial charge in [-0.25, -0.2) is 0 Å². The number of hydrogen-bond acceptors (Lipinski definition) is 3. The third-order valence-corrected chi connectivity index (χ3v) is 2.43. The number of hydrogen-bond donors (Lipinski definition) is 1. The van der Waals surface area contributed by atoms with E-state index in [1.54, 1.807) is 7.11 Å². The Bertz CT molecular complexity index is 107. The molecule has 0 aromatic heterocycles. The molecule has 1 rings (SSSR count). The first-order valence-corrected chi connectivity index (χ1v) is 4.22. The Kier molecular flexibility index (Phi) is 3.30. The maximum absolute atomic E-state index is 8.98. The molecule has 1 heterocycles. The van der Waals surface area contributed by atoms with Crippen molar-refractivity contribution in [3.05, 3.63) is 0 Å². The van der Waals surface area contributed by atoms with E-state index in [0.717, 1.165) is 19.4 Å². The lowest BCUT2D eigenvalue weighted by Crippen LogP contribution is -2.38. The lowest BCUT2D eigenvalue weighted by molar-refractivity contribution is -0.0248. The van der Waals surface area contributed by atoms with Crippen LogP contribution in [-0.2, 0) is 4.74 Å². The summed E-state index contributed by atoms with van der Waals surface area (Å²) in [6.45, 7) is 3.32. The van der Waals surface area contributed by atoms with Crippen LogP contribution in [0.1, 0.15) is 19.8 Å². The fraction of sp³-hybridized carbons (Fsp3) is 1.00. The van der Waals surface area contributed by atoms with E-state index in [1.807, 2.05) is 0 Å². The van der Waals surface area contributed by atoms with Gasteiger partial charge in [-0.05, 0) is 19.4 Å². The largest absolute Gasteiger partial charge is 0.395 e. The van der Waals surface area contributed by atoms with Crippen molar-refractivity contribution in [2.24, 2.45) is 0 Å². The van der Waals surface area contributed by atoms with Crippen molar-refractivity contribution in [3.63, 3.8) is 0 Å². The molecule has 1 aliphatic rings. The van der Waals surface area contributed by atoms with Crippen LogP contribution in [-0.4, -0.2) is 42.5 Å². The number of likely N-dealkylation sites (N-methyl/N-ethyl adjacent to an activating group) is 1. The van der Waals surface area contributed by atoms with Crippen molar-refractivity contribution in [2.45, 2.75) is 32.0 Å². The standard InChI is InChI=1S/C8H17NO2/c1-3-9-7(6-10)4-5-8(9)11-2/h7-8,10H,3-6H2,1-2H3/t7-,8?/m0/s1. The van der Waals surface area contributed by atoms with Crippen molar-refractivity contribution in [3.8, 4) is 0 Å². The van der Waals surface area contributed by atoms with Crippen LogP contribution >= 0.6 is 0 Å². The second kappa shape index (κ2) is 4.04. The van der Waals surface area contributed by atoms with E-state index in [0.29, 0.717) is 6.04 Å². The summed E-state index contributed by atoms with van der Waals surface area (Å²) in [5.41, 5.74) is 0. The Morgan fingerprint density at radius 2 is 2.27 bits per heavy atom. The molecule has 1 N–H and O–H groups in total. The van der Waals surface area contributed by atoms with Gasteiger partial charge < -0.3 is 9.84 Å². The molecule has 0 radical (unpaired) electrons. The van der Waals surface area contributed by atoms with Crippen molar-refractivity contribution in [2.75, 3.05) is 20.3 Å². The maximum atomic E-state index is 8.98. The summed E-state index contributed by atoms with van der Waals surface area (Å²) in [5.74, 6) is 0. The Morgan fingerprint density at radius 1 is 1.55 bits per heavy atom. The van der Waals surface area contributed by atoms with E-state index >= 15 is 0 Å². The first kappa shape index (κ1) is 8.97. The van der Waals surface area contributed by atoms with Crippen LogP contribution in [0.3, 0.4) is 0 Å². The first-order valence-electron chi connectivity index (χ1n) is 4.22. The van der Waals surface area contributed by atoms with Crippen LogP contribution in [0.5, 0.6) is 0 Å². The lowest BCUT2D eigenvalue weighted by Gasteiger charge is -2.26. The molecule has 1 aliphatic heterocycles. The van der Waals surface area contributed by atoms with Gasteiger partial charge in [-0.2, -0.15) is 0 Å². The normalized spacial score (nSPS) is 33.0. The van der Waals surface area contributed by atoms with E-state index in [-0.39, 0.29) is 12.8 Å². The van der Waals surface area contributed by atoms with Crippen molar-refractivity contribution in [1.82, 2.24) is 4.90 Å². The topological polar surface area (TPSA) is 32.7 Å². The van der Waals surface area contributed by atoms with Crippen LogP contribution < -0.4 is 0 Å². The fourth-order valence-electron chi connectivity index (χ4n) is 1.81. The minimum absolute atomic E-state index is 0.233. The van der Waals surface area contributed by atoms with Gasteiger partial charge in [0.1, 0.15) is 6.23 Å². The highest BCUT2D eigenvalue weighted by molar-refractivity contribution is 4.81. The van der Waals surface area contributed by atoms with E-state index in [2.05, 4.69) is 11.8 Å². The molecule has 0 spiro atoms. The zero-order chi connectivity index (χ0) is 8.27. The molecule has 3 nitrogen and oxygen atoms in total. The fourth-order valence-corrected chi connectivity index (χ4v) is 1.81. The molecule has 0 amide bonds. The van der Waals surface area contributed by atoms with Crippen LogP contribution in [0.15, 0.2) is 0 Å². The van der Waals surface area contributed by atoms with Crippen LogP contribution in [0.25, 0.3) is 0 Å². The summed E-state index contributed by atoms with van der Waals surface area (Å²) < 4.78 is 5.26. The molecule has 1 fully saturated rings. The zero-order valence-electron chi connectivity index (χ0n) is 7.29. The van der Waals surface area contributed by atoms with Crippen molar-refractivity contribution >= 4 is 0 Å². The molecule has 0 bridgehead atoms. The lowest BCUT2D eigenvalue weighted by atomic mass is 10.2. The average Bonchev–Trinajstić information content (AvgIpc) is 2.45. The summed E-state index contributed by atoms with van der Waals surface area (Å²) in [7, 11) is 1.73. The Balaban J connectivity index is 2.48. The predicted octanol–water partition coefficient (Wildman–Crippen LogP) is 0.435. The molecule has 0 saturated carbocycles. The van der Waals surface area contributed by atoms with Gasteiger partial charge in [-0.1, -0.05) is 6.92 Å². The summed E-state index contributed by atoms with van der Waals surface area (Å²) in [4.78, 5) is 2.21. The molecule has 1 saturated heterocycles. The van der Waals surface area contributed by atoms with Gasteiger partial charge in [0.2, 0.25) is 0 Å². The maximum Gasteiger partial charge on any atom is 0.110 e. The summed E-state index contributed by atoms with van der Waals surface area (Å²) in [6, 6.07) is 0.324. The Hall–Kier alpha value is -0.120. The third kappa shape index (κ3) is 1.72. The quantitative estimate of drug-likeness (QED) is 0.648. The van der Waals surface area contributed by atoms with Crippen molar-refractivity contribution in [1.29, 1.82) is 0 Å². The van der Waals surface area contributed by atoms with E-state index in [9.17, 15) is 0 Å². The predicted molar refractivity (Wildman–Crippen MR) is 43.3 cm³/mol. The minimum Gasteiger partial charge on any atom is -0.395 e. The molecular formula is C8H17NO2. The molecule has 0 aliphatic carbocycles. The molecule has 0 aromatic rings. The van der Waals surface area contributed by atoms with E-state index < -0.39 is 0 Å². The Labute approximate surface area is 68.0 Å². The molecule has 11 heavy (non-hydrogen) atoms. The summed E-state index contributed by atoms with van der Waals surface area (Å²) in [6.07, 6.45) is 2.34. The molecule has 1 unspecified atom stereocenters. The number of aliphatic hydroxyl groups excluding tert-OH is 1. The molecule has 66 valence electrons. The van der Waals surface area contributed by atoms with Crippen LogP contribution in [0.4, 0.5) is 0 Å². The Morgan fingerprint density at radius 3 is 2.73 bits per heavy atom. The first-order chi connectivity index (χ1) is 5.33.